The van der Waals surface area contributed by atoms with E-state index in [1.807, 2.05) is 0 Å². The summed E-state index contributed by atoms with van der Waals surface area (Å²) in [5.74, 6) is 0. The lowest BCUT2D eigenvalue weighted by atomic mass is 9.94. The molecule has 0 aliphatic heterocycles. The zero-order valence-electron chi connectivity index (χ0n) is 29.5. The molecule has 0 amide bonds. The zero-order chi connectivity index (χ0) is 35.6. The van der Waals surface area contributed by atoms with Gasteiger partial charge in [0.15, 0.2) is 0 Å². The van der Waals surface area contributed by atoms with Crippen LogP contribution in [0.5, 0.6) is 0 Å². The Morgan fingerprint density at radius 2 is 0.778 bits per heavy atom. The fourth-order valence-electron chi connectivity index (χ4n) is 8.62. The van der Waals surface area contributed by atoms with Crippen molar-refractivity contribution < 1.29 is 0 Å². The molecule has 252 valence electrons. The van der Waals surface area contributed by atoms with Crippen molar-refractivity contribution in [3.05, 3.63) is 206 Å². The van der Waals surface area contributed by atoms with E-state index in [9.17, 15) is 0 Å². The average molecular weight is 687 g/mol. The number of rotatable bonds is 5. The van der Waals surface area contributed by atoms with Crippen LogP contribution in [-0.4, -0.2) is 4.57 Å². The van der Waals surface area contributed by atoms with Crippen molar-refractivity contribution in [3.63, 3.8) is 0 Å². The molecule has 0 saturated carbocycles. The number of anilines is 3. The van der Waals surface area contributed by atoms with Gasteiger partial charge in [0, 0.05) is 33.5 Å². The molecule has 11 aromatic rings. The molecule has 0 saturated heterocycles. The van der Waals surface area contributed by atoms with Crippen LogP contribution in [0.1, 0.15) is 0 Å². The number of aromatic nitrogens is 1. The first-order valence-electron chi connectivity index (χ1n) is 18.6. The topological polar surface area (TPSA) is 8.17 Å². The van der Waals surface area contributed by atoms with Crippen LogP contribution in [0, 0.1) is 0 Å². The molecule has 0 spiro atoms. The van der Waals surface area contributed by atoms with E-state index in [2.05, 4.69) is 216 Å². The van der Waals surface area contributed by atoms with Gasteiger partial charge in [-0.25, -0.2) is 0 Å². The maximum Gasteiger partial charge on any atom is 0.0541 e. The molecule has 2 nitrogen and oxygen atoms in total. The molecule has 1 heterocycles. The third kappa shape index (κ3) is 4.81. The lowest BCUT2D eigenvalue weighted by molar-refractivity contribution is 1.17. The first kappa shape index (κ1) is 30.5. The third-order valence-corrected chi connectivity index (χ3v) is 11.2. The summed E-state index contributed by atoms with van der Waals surface area (Å²) in [6, 6.07) is 75.3. The van der Waals surface area contributed by atoms with Crippen LogP contribution in [0.3, 0.4) is 0 Å². The Labute approximate surface area is 313 Å². The largest absolute Gasteiger partial charge is 0.310 e. The van der Waals surface area contributed by atoms with Gasteiger partial charge in [-0.1, -0.05) is 146 Å². The first-order chi connectivity index (χ1) is 26.8. The van der Waals surface area contributed by atoms with E-state index in [-0.39, 0.29) is 0 Å². The van der Waals surface area contributed by atoms with Gasteiger partial charge in [-0.3, -0.25) is 0 Å². The smallest absolute Gasteiger partial charge is 0.0541 e. The van der Waals surface area contributed by atoms with Crippen LogP contribution >= 0.6 is 0 Å². The molecular formula is C52H34N2. The van der Waals surface area contributed by atoms with Gasteiger partial charge in [0.25, 0.3) is 0 Å². The van der Waals surface area contributed by atoms with Crippen LogP contribution in [0.2, 0.25) is 0 Å². The summed E-state index contributed by atoms with van der Waals surface area (Å²) in [6.45, 7) is 0. The number of hydrogen-bond donors (Lipinski definition) is 0. The van der Waals surface area contributed by atoms with E-state index < -0.39 is 0 Å². The van der Waals surface area contributed by atoms with Crippen LogP contribution in [-0.2, 0) is 0 Å². The van der Waals surface area contributed by atoms with Crippen molar-refractivity contribution >= 4 is 82.0 Å². The van der Waals surface area contributed by atoms with E-state index in [0.29, 0.717) is 0 Å². The summed E-state index contributed by atoms with van der Waals surface area (Å²) in [5, 5.41) is 12.6. The Morgan fingerprint density at radius 3 is 1.46 bits per heavy atom. The van der Waals surface area contributed by atoms with E-state index >= 15 is 0 Å². The minimum absolute atomic E-state index is 1.10. The van der Waals surface area contributed by atoms with Crippen molar-refractivity contribution in [3.8, 4) is 16.8 Å². The Bertz CT molecular complexity index is 3150. The van der Waals surface area contributed by atoms with Crippen LogP contribution in [0.4, 0.5) is 17.1 Å². The molecule has 0 bridgehead atoms. The van der Waals surface area contributed by atoms with E-state index in [4.69, 9.17) is 0 Å². The highest BCUT2D eigenvalue weighted by atomic mass is 15.1. The summed E-state index contributed by atoms with van der Waals surface area (Å²) in [4.78, 5) is 2.38. The fourth-order valence-corrected chi connectivity index (χ4v) is 8.62. The quantitative estimate of drug-likeness (QED) is 0.164. The maximum atomic E-state index is 2.38. The second-order valence-electron chi connectivity index (χ2n) is 14.1. The molecule has 0 unspecified atom stereocenters. The molecule has 11 rings (SSSR count). The molecule has 0 radical (unpaired) electrons. The predicted molar refractivity (Wildman–Crippen MR) is 231 cm³/mol. The van der Waals surface area contributed by atoms with Gasteiger partial charge in [-0.2, -0.15) is 0 Å². The van der Waals surface area contributed by atoms with Crippen molar-refractivity contribution in [1.82, 2.24) is 4.57 Å². The molecular weight excluding hydrogens is 653 g/mol. The second-order valence-corrected chi connectivity index (χ2v) is 14.1. The number of fused-ring (bicyclic) bond motifs is 9. The van der Waals surface area contributed by atoms with Gasteiger partial charge in [0.1, 0.15) is 0 Å². The summed E-state index contributed by atoms with van der Waals surface area (Å²) < 4.78 is 2.38. The van der Waals surface area contributed by atoms with Gasteiger partial charge in [0.05, 0.1) is 11.0 Å². The van der Waals surface area contributed by atoms with Crippen LogP contribution < -0.4 is 4.90 Å². The van der Waals surface area contributed by atoms with Crippen molar-refractivity contribution in [2.45, 2.75) is 0 Å². The summed E-state index contributed by atoms with van der Waals surface area (Å²) in [5.41, 5.74) is 9.32. The fraction of sp³-hybridized carbons (Fsp3) is 0. The summed E-state index contributed by atoms with van der Waals surface area (Å²) >= 11 is 0. The number of nitrogens with zero attached hydrogens (tertiary/aromatic N) is 2. The minimum atomic E-state index is 1.10. The van der Waals surface area contributed by atoms with Crippen LogP contribution in [0.15, 0.2) is 206 Å². The first-order valence-corrected chi connectivity index (χ1v) is 18.6. The van der Waals surface area contributed by atoms with E-state index in [1.165, 1.54) is 76.0 Å². The Kier molecular flexibility index (Phi) is 6.90. The highest BCUT2D eigenvalue weighted by molar-refractivity contribution is 6.13. The van der Waals surface area contributed by atoms with Gasteiger partial charge >= 0.3 is 0 Å². The molecule has 0 aliphatic carbocycles. The molecule has 2 heteroatoms. The number of para-hydroxylation sites is 2. The van der Waals surface area contributed by atoms with E-state index in [1.54, 1.807) is 0 Å². The zero-order valence-corrected chi connectivity index (χ0v) is 29.5. The van der Waals surface area contributed by atoms with Gasteiger partial charge in [-0.05, 0) is 115 Å². The predicted octanol–water partition coefficient (Wildman–Crippen LogP) is 14.5. The van der Waals surface area contributed by atoms with E-state index in [0.717, 1.165) is 22.7 Å². The second kappa shape index (κ2) is 12.2. The lowest BCUT2D eigenvalue weighted by Gasteiger charge is -2.26. The van der Waals surface area contributed by atoms with Crippen molar-refractivity contribution in [2.75, 3.05) is 4.90 Å². The lowest BCUT2D eigenvalue weighted by Crippen LogP contribution is -2.10. The van der Waals surface area contributed by atoms with Crippen molar-refractivity contribution in [1.29, 1.82) is 0 Å². The van der Waals surface area contributed by atoms with Gasteiger partial charge < -0.3 is 9.47 Å². The molecule has 10 aromatic carbocycles. The Hall–Kier alpha value is -7.16. The molecule has 1 aromatic heterocycles. The number of benzene rings is 10. The molecule has 0 aliphatic rings. The monoisotopic (exact) mass is 686 g/mol. The SMILES string of the molecule is c1ccc2c(c1)ccc1cc(N(c3ccc(-c4cccc5c4ccc4ccccc45)cc3)c3ccc(-n4c5ccccc5c5ccccc54)cc3)ccc12. The molecule has 0 atom stereocenters. The molecule has 54 heavy (non-hydrogen) atoms. The Balaban J connectivity index is 1.05. The summed E-state index contributed by atoms with van der Waals surface area (Å²) in [6.07, 6.45) is 0. The van der Waals surface area contributed by atoms with Gasteiger partial charge in [-0.15, -0.1) is 0 Å². The summed E-state index contributed by atoms with van der Waals surface area (Å²) in [7, 11) is 0. The third-order valence-electron chi connectivity index (χ3n) is 11.2. The van der Waals surface area contributed by atoms with Gasteiger partial charge in [0.2, 0.25) is 0 Å². The average Bonchev–Trinajstić information content (AvgIpc) is 3.58. The van der Waals surface area contributed by atoms with Crippen LogP contribution in [0.25, 0.3) is 81.7 Å². The number of hydrogen-bond acceptors (Lipinski definition) is 1. The highest BCUT2D eigenvalue weighted by Gasteiger charge is 2.17. The highest BCUT2D eigenvalue weighted by Crippen LogP contribution is 2.41. The standard InChI is InChI=1S/C52H34N2/c1-3-12-43-35(10-1)20-21-38-34-42(31-33-46(38)43)53(40-27-29-41(30-28-40)54-51-18-7-5-14-49(51)50-15-6-8-19-52(50)54)39-25-22-37(23-26-39)45-16-9-17-47-44-13-4-2-11-36(44)24-32-48(45)47/h1-34H. The normalized spacial score (nSPS) is 11.7. The van der Waals surface area contributed by atoms with Crippen molar-refractivity contribution in [2.24, 2.45) is 0 Å². The maximum absolute atomic E-state index is 2.38. The molecule has 0 fully saturated rings. The molecule has 0 N–H and O–H groups in total. The Morgan fingerprint density at radius 1 is 0.296 bits per heavy atom. The minimum Gasteiger partial charge on any atom is -0.310 e.